The Morgan fingerprint density at radius 2 is 1.84 bits per heavy atom. The topological polar surface area (TPSA) is 57.2 Å². The van der Waals surface area contributed by atoms with Crippen LogP contribution in [0.25, 0.3) is 0 Å². The molecule has 1 aromatic heterocycles. The molecule has 106 valence electrons. The maximum atomic E-state index is 5.97. The predicted octanol–water partition coefficient (Wildman–Crippen LogP) is 1.49. The zero-order chi connectivity index (χ0) is 14.0. The quantitative estimate of drug-likeness (QED) is 0.907. The molecule has 0 aromatic carbocycles. The van der Waals surface area contributed by atoms with E-state index in [9.17, 15) is 0 Å². The number of nitrogens with one attached hydrogen (secondary N) is 1. The van der Waals surface area contributed by atoms with Crippen LogP contribution in [0.5, 0.6) is 0 Å². The Morgan fingerprint density at radius 3 is 2.42 bits per heavy atom. The first kappa shape index (κ1) is 14.3. The fourth-order valence-electron chi connectivity index (χ4n) is 2.29. The lowest BCUT2D eigenvalue weighted by Gasteiger charge is -2.42. The van der Waals surface area contributed by atoms with E-state index < -0.39 is 0 Å². The van der Waals surface area contributed by atoms with Gasteiger partial charge < -0.3 is 10.2 Å². The minimum absolute atomic E-state index is 0.236. The van der Waals surface area contributed by atoms with E-state index in [2.05, 4.69) is 51.0 Å². The number of likely N-dealkylation sites (N-methyl/N-ethyl adjacent to an activating group) is 1. The van der Waals surface area contributed by atoms with Crippen molar-refractivity contribution < 1.29 is 0 Å². The first-order valence-corrected chi connectivity index (χ1v) is 7.01. The van der Waals surface area contributed by atoms with Crippen LogP contribution >= 0.6 is 11.6 Å². The molecule has 7 heteroatoms. The van der Waals surface area contributed by atoms with Gasteiger partial charge in [-0.2, -0.15) is 15.0 Å². The lowest BCUT2D eigenvalue weighted by Crippen LogP contribution is -2.55. The van der Waals surface area contributed by atoms with Gasteiger partial charge in [-0.25, -0.2) is 0 Å². The summed E-state index contributed by atoms with van der Waals surface area (Å²) < 4.78 is 0. The van der Waals surface area contributed by atoms with Gasteiger partial charge in [-0.3, -0.25) is 4.90 Å². The minimum Gasteiger partial charge on any atom is -0.354 e. The number of halogens is 1. The highest BCUT2D eigenvalue weighted by molar-refractivity contribution is 6.28. The van der Waals surface area contributed by atoms with Crippen molar-refractivity contribution in [2.24, 2.45) is 0 Å². The monoisotopic (exact) mass is 284 g/mol. The first-order chi connectivity index (χ1) is 9.01. The molecular formula is C12H21ClN6. The molecule has 1 saturated heterocycles. The van der Waals surface area contributed by atoms with Gasteiger partial charge in [-0.1, -0.05) is 0 Å². The molecule has 2 rings (SSSR count). The number of anilines is 2. The molecule has 19 heavy (non-hydrogen) atoms. The molecule has 2 heterocycles. The fraction of sp³-hybridized carbons (Fsp3) is 0.750. The van der Waals surface area contributed by atoms with Crippen LogP contribution in [0.1, 0.15) is 20.8 Å². The van der Waals surface area contributed by atoms with E-state index in [0.717, 1.165) is 19.6 Å². The Balaban J connectivity index is 2.21. The van der Waals surface area contributed by atoms with Crippen molar-refractivity contribution in [1.29, 1.82) is 0 Å². The van der Waals surface area contributed by atoms with Crippen molar-refractivity contribution in [2.45, 2.75) is 32.9 Å². The molecular weight excluding hydrogens is 264 g/mol. The van der Waals surface area contributed by atoms with Crippen molar-refractivity contribution in [3.8, 4) is 0 Å². The Morgan fingerprint density at radius 1 is 1.21 bits per heavy atom. The van der Waals surface area contributed by atoms with Crippen LogP contribution in [0.2, 0.25) is 5.28 Å². The molecule has 6 nitrogen and oxygen atoms in total. The first-order valence-electron chi connectivity index (χ1n) is 6.63. The summed E-state index contributed by atoms with van der Waals surface area (Å²) in [6.45, 7) is 8.96. The lowest BCUT2D eigenvalue weighted by atomic mass is 10.1. The molecule has 1 aromatic rings. The van der Waals surface area contributed by atoms with Gasteiger partial charge in [0.05, 0.1) is 0 Å². The van der Waals surface area contributed by atoms with E-state index in [4.69, 9.17) is 11.6 Å². The Labute approximate surface area is 119 Å². The van der Waals surface area contributed by atoms with Crippen LogP contribution in [0.15, 0.2) is 0 Å². The summed E-state index contributed by atoms with van der Waals surface area (Å²) in [5.74, 6) is 1.19. The number of hydrogen-bond donors (Lipinski definition) is 1. The molecule has 0 saturated carbocycles. The Hall–Kier alpha value is -1.14. The molecule has 2 atom stereocenters. The summed E-state index contributed by atoms with van der Waals surface area (Å²) in [4.78, 5) is 17.3. The van der Waals surface area contributed by atoms with E-state index in [1.54, 1.807) is 0 Å². The smallest absolute Gasteiger partial charge is 0.231 e. The van der Waals surface area contributed by atoms with Gasteiger partial charge in [-0.15, -0.1) is 0 Å². The number of aromatic nitrogens is 3. The Bertz CT molecular complexity index is 428. The molecule has 0 amide bonds. The zero-order valence-corrected chi connectivity index (χ0v) is 12.6. The normalized spacial score (nSPS) is 24.6. The van der Waals surface area contributed by atoms with E-state index in [1.807, 2.05) is 6.92 Å². The standard InChI is InChI=1S/C12H21ClN6/c1-5-14-11-15-10(13)16-12(17-11)19-6-8(2)18(4)9(3)7-19/h8-9H,5-7H2,1-4H3,(H,14,15,16,17). The van der Waals surface area contributed by atoms with Gasteiger partial charge >= 0.3 is 0 Å². The lowest BCUT2D eigenvalue weighted by molar-refractivity contribution is 0.169. The van der Waals surface area contributed by atoms with Crippen LogP contribution in [-0.2, 0) is 0 Å². The number of hydrogen-bond acceptors (Lipinski definition) is 6. The fourth-order valence-corrected chi connectivity index (χ4v) is 2.44. The average molecular weight is 285 g/mol. The molecule has 0 aliphatic carbocycles. The molecule has 1 aliphatic rings. The minimum atomic E-state index is 0.236. The number of piperazine rings is 1. The highest BCUT2D eigenvalue weighted by atomic mass is 35.5. The maximum Gasteiger partial charge on any atom is 0.231 e. The second kappa shape index (κ2) is 5.88. The number of nitrogens with zero attached hydrogens (tertiary/aromatic N) is 5. The molecule has 0 radical (unpaired) electrons. The van der Waals surface area contributed by atoms with E-state index in [-0.39, 0.29) is 5.28 Å². The third kappa shape index (κ3) is 3.25. The van der Waals surface area contributed by atoms with E-state index in [0.29, 0.717) is 24.0 Å². The summed E-state index contributed by atoms with van der Waals surface area (Å²) in [5, 5.41) is 3.31. The zero-order valence-electron chi connectivity index (χ0n) is 11.9. The summed E-state index contributed by atoms with van der Waals surface area (Å²) in [7, 11) is 2.15. The highest BCUT2D eigenvalue weighted by Crippen LogP contribution is 2.20. The van der Waals surface area contributed by atoms with Crippen LogP contribution in [0, 0.1) is 0 Å². The van der Waals surface area contributed by atoms with Crippen LogP contribution in [-0.4, -0.2) is 58.6 Å². The summed E-state index contributed by atoms with van der Waals surface area (Å²) in [6.07, 6.45) is 0. The van der Waals surface area contributed by atoms with Gasteiger partial charge in [-0.05, 0) is 39.4 Å². The summed E-state index contributed by atoms with van der Waals surface area (Å²) in [6, 6.07) is 0.920. The molecule has 0 spiro atoms. The van der Waals surface area contributed by atoms with Crippen LogP contribution in [0.4, 0.5) is 11.9 Å². The predicted molar refractivity (Wildman–Crippen MR) is 77.9 cm³/mol. The third-order valence-corrected chi connectivity index (χ3v) is 3.74. The summed E-state index contributed by atoms with van der Waals surface area (Å²) >= 11 is 5.97. The van der Waals surface area contributed by atoms with Crippen molar-refractivity contribution in [2.75, 3.05) is 36.9 Å². The maximum absolute atomic E-state index is 5.97. The molecule has 0 bridgehead atoms. The van der Waals surface area contributed by atoms with E-state index >= 15 is 0 Å². The summed E-state index contributed by atoms with van der Waals surface area (Å²) in [5.41, 5.74) is 0. The SMILES string of the molecule is CCNc1nc(Cl)nc(N2CC(C)N(C)C(C)C2)n1. The molecule has 1 aliphatic heterocycles. The van der Waals surface area contributed by atoms with Gasteiger partial charge in [0.25, 0.3) is 0 Å². The molecule has 1 N–H and O–H groups in total. The van der Waals surface area contributed by atoms with Gasteiger partial charge in [0, 0.05) is 31.7 Å². The molecule has 2 unspecified atom stereocenters. The highest BCUT2D eigenvalue weighted by Gasteiger charge is 2.28. The second-order valence-corrected chi connectivity index (χ2v) is 5.36. The Kier molecular flexibility index (Phi) is 4.42. The molecule has 1 fully saturated rings. The largest absolute Gasteiger partial charge is 0.354 e. The van der Waals surface area contributed by atoms with Crippen molar-refractivity contribution in [3.63, 3.8) is 0 Å². The van der Waals surface area contributed by atoms with Crippen molar-refractivity contribution >= 4 is 23.5 Å². The van der Waals surface area contributed by atoms with Gasteiger partial charge in [0.15, 0.2) is 0 Å². The van der Waals surface area contributed by atoms with Gasteiger partial charge in [0.1, 0.15) is 0 Å². The van der Waals surface area contributed by atoms with Crippen molar-refractivity contribution in [3.05, 3.63) is 5.28 Å². The van der Waals surface area contributed by atoms with Gasteiger partial charge in [0.2, 0.25) is 17.2 Å². The van der Waals surface area contributed by atoms with Crippen molar-refractivity contribution in [1.82, 2.24) is 19.9 Å². The average Bonchev–Trinajstić information content (AvgIpc) is 2.35. The second-order valence-electron chi connectivity index (χ2n) is 5.03. The third-order valence-electron chi connectivity index (χ3n) is 3.57. The van der Waals surface area contributed by atoms with Crippen LogP contribution in [0.3, 0.4) is 0 Å². The van der Waals surface area contributed by atoms with E-state index in [1.165, 1.54) is 0 Å². The van der Waals surface area contributed by atoms with Crippen LogP contribution < -0.4 is 10.2 Å². The number of rotatable bonds is 3.